The van der Waals surface area contributed by atoms with Gasteiger partial charge in [-0.05, 0) is 116 Å². The molecule has 2 unspecified atom stereocenters. The van der Waals surface area contributed by atoms with Gasteiger partial charge in [0.25, 0.3) is 23.6 Å². The zero-order chi connectivity index (χ0) is 58.4. The van der Waals surface area contributed by atoms with E-state index in [2.05, 4.69) is 47.8 Å². The second-order valence-corrected chi connectivity index (χ2v) is 22.0. The first-order valence-electron chi connectivity index (χ1n) is 26.9. The molecule has 3 N–H and O–H groups in total. The largest absolute Gasteiger partial charge is 0.497 e. The normalized spacial score (nSPS) is 17.7. The first-order valence-corrected chi connectivity index (χ1v) is 28.5. The maximum Gasteiger partial charge on any atom is 0.269 e. The summed E-state index contributed by atoms with van der Waals surface area (Å²) in [6.07, 6.45) is 10.5. The summed E-state index contributed by atoms with van der Waals surface area (Å²) in [4.78, 5) is 106. The van der Waals surface area contributed by atoms with Gasteiger partial charge < -0.3 is 49.4 Å². The molecule has 7 amide bonds. The maximum absolute atomic E-state index is 14.1. The summed E-state index contributed by atoms with van der Waals surface area (Å²) in [6.45, 7) is 5.87. The van der Waals surface area contributed by atoms with Crippen LogP contribution in [0, 0.1) is 5.92 Å². The number of carbonyl (C=O) groups is 7. The minimum Gasteiger partial charge on any atom is -0.497 e. The molecular formula is C60H62Br2N8O12. The number of carbonyl (C=O) groups excluding carboxylic acids is 7. The summed E-state index contributed by atoms with van der Waals surface area (Å²) in [5, 5.41) is 8.34. The van der Waals surface area contributed by atoms with E-state index >= 15 is 0 Å². The van der Waals surface area contributed by atoms with Gasteiger partial charge in [-0.15, -0.1) is 0 Å². The number of anilines is 1. The Morgan fingerprint density at radius 3 is 1.61 bits per heavy atom. The van der Waals surface area contributed by atoms with Crippen LogP contribution >= 0.6 is 31.9 Å². The molecule has 4 aromatic carbocycles. The number of benzene rings is 4. The Kier molecular flexibility index (Phi) is 18.4. The number of ether oxygens (including phenoxy) is 5. The van der Waals surface area contributed by atoms with Crippen molar-refractivity contribution in [1.29, 1.82) is 0 Å². The predicted molar refractivity (Wildman–Crippen MR) is 316 cm³/mol. The van der Waals surface area contributed by atoms with Gasteiger partial charge in [-0.25, -0.2) is 0 Å². The molecule has 5 aliphatic rings. The van der Waals surface area contributed by atoms with Crippen molar-refractivity contribution in [3.63, 3.8) is 0 Å². The molecule has 428 valence electrons. The van der Waals surface area contributed by atoms with Crippen LogP contribution < -0.4 is 39.6 Å². The molecule has 0 aliphatic carbocycles. The van der Waals surface area contributed by atoms with Gasteiger partial charge in [0.1, 0.15) is 26.8 Å². The van der Waals surface area contributed by atoms with Crippen LogP contribution in [0.25, 0.3) is 11.1 Å². The monoisotopic (exact) mass is 1240 g/mol. The second-order valence-electron chi connectivity index (χ2n) is 20.4. The molecule has 0 bridgehead atoms. The van der Waals surface area contributed by atoms with Gasteiger partial charge in [-0.2, -0.15) is 0 Å². The van der Waals surface area contributed by atoms with Crippen molar-refractivity contribution in [1.82, 2.24) is 25.3 Å². The number of nitrogens with one attached hydrogen (secondary N) is 3. The molecule has 0 fully saturated rings. The highest BCUT2D eigenvalue weighted by Crippen LogP contribution is 2.42. The van der Waals surface area contributed by atoms with Crippen molar-refractivity contribution < 1.29 is 57.2 Å². The fourth-order valence-corrected chi connectivity index (χ4v) is 10.8. The maximum atomic E-state index is 14.1. The van der Waals surface area contributed by atoms with Crippen LogP contribution in [-0.2, 0) is 24.0 Å². The smallest absolute Gasteiger partial charge is 0.269 e. The van der Waals surface area contributed by atoms with Crippen molar-refractivity contribution in [2.75, 3.05) is 46.4 Å². The van der Waals surface area contributed by atoms with Crippen LogP contribution in [-0.4, -0.2) is 134 Å². The van der Waals surface area contributed by atoms with E-state index in [1.165, 1.54) is 14.2 Å². The number of hydrogen-bond donors (Lipinski definition) is 3. The third kappa shape index (κ3) is 12.8. The number of nitrogens with zero attached hydrogens (tertiary/aromatic N) is 5. The summed E-state index contributed by atoms with van der Waals surface area (Å²) in [5.74, 6) is -0.455. The lowest BCUT2D eigenvalue weighted by molar-refractivity contribution is -0.137. The Labute approximate surface area is 491 Å². The molecule has 82 heavy (non-hydrogen) atoms. The van der Waals surface area contributed by atoms with Crippen molar-refractivity contribution in [3.05, 3.63) is 116 Å². The van der Waals surface area contributed by atoms with E-state index < -0.39 is 35.7 Å². The Morgan fingerprint density at radius 1 is 0.610 bits per heavy atom. The molecule has 0 saturated carbocycles. The molecule has 0 radical (unpaired) electrons. The van der Waals surface area contributed by atoms with E-state index in [0.717, 1.165) is 32.9 Å². The highest BCUT2D eigenvalue weighted by molar-refractivity contribution is 9.14. The van der Waals surface area contributed by atoms with Gasteiger partial charge >= 0.3 is 0 Å². The molecule has 9 rings (SSSR count). The van der Waals surface area contributed by atoms with Crippen LogP contribution in [0.15, 0.2) is 104 Å². The minimum absolute atomic E-state index is 0.142. The van der Waals surface area contributed by atoms with E-state index in [-0.39, 0.29) is 70.9 Å². The lowest BCUT2D eigenvalue weighted by atomic mass is 10.0. The van der Waals surface area contributed by atoms with E-state index in [1.807, 2.05) is 48.8 Å². The molecule has 0 saturated heterocycles. The fraction of sp³-hybridized carbons (Fsp3) is 0.350. The second kappa shape index (κ2) is 25.8. The number of hydrogen-bond acceptors (Lipinski definition) is 14. The van der Waals surface area contributed by atoms with Gasteiger partial charge in [0.2, 0.25) is 17.7 Å². The first kappa shape index (κ1) is 58.5. The molecule has 0 spiro atoms. The standard InChI is InChI=1S/C60H62Br2N8O12/c1-33(2)54(67-51(71)11-8-7-9-20-68-59(76)52(61)53(62)60(68)77)56(73)65-34(3)55(72)66-39-16-12-35(13-17-39)37-23-40-29-63-45-27-49(47(79-5)25-43(45)57(74)69(40)31-37)81-21-10-22-82-50-28-46-44(26-48(50)80-6)58(75)70-32-38(24-41(70)30-64-46)36-14-18-42(78-4)19-15-36/h12-19,25-34,40-41,54H,7-11,20-24H2,1-6H3,(H,65,73)(H,66,72)(H,67,71)/t34?,40-,41-,54?/m0/s1. The van der Waals surface area contributed by atoms with Crippen molar-refractivity contribution in [2.45, 2.75) is 89.9 Å². The van der Waals surface area contributed by atoms with Crippen LogP contribution in [0.4, 0.5) is 17.1 Å². The molecule has 22 heteroatoms. The Bertz CT molecular complexity index is 3330. The number of imide groups is 1. The predicted octanol–water partition coefficient (Wildman–Crippen LogP) is 9.02. The average molecular weight is 1250 g/mol. The molecule has 5 heterocycles. The summed E-state index contributed by atoms with van der Waals surface area (Å²) < 4.78 is 29.4. The van der Waals surface area contributed by atoms with Crippen LogP contribution in [0.5, 0.6) is 28.7 Å². The van der Waals surface area contributed by atoms with Gasteiger partial charge in [-0.3, -0.25) is 48.4 Å². The van der Waals surface area contributed by atoms with Gasteiger partial charge in [0.05, 0.1) is 69.1 Å². The first-order chi connectivity index (χ1) is 39.5. The lowest BCUT2D eigenvalue weighted by Crippen LogP contribution is -2.53. The number of aliphatic imine (C=N–C) groups is 2. The van der Waals surface area contributed by atoms with E-state index in [1.54, 1.807) is 86.5 Å². The van der Waals surface area contributed by atoms with E-state index in [9.17, 15) is 33.6 Å². The van der Waals surface area contributed by atoms with Crippen LogP contribution in [0.2, 0.25) is 0 Å². The highest BCUT2D eigenvalue weighted by Gasteiger charge is 2.37. The third-order valence-corrected chi connectivity index (χ3v) is 16.6. The zero-order valence-corrected chi connectivity index (χ0v) is 49.3. The molecular weight excluding hydrogens is 1180 g/mol. The summed E-state index contributed by atoms with van der Waals surface area (Å²) in [5.41, 5.74) is 5.92. The van der Waals surface area contributed by atoms with E-state index in [0.29, 0.717) is 89.7 Å². The van der Waals surface area contributed by atoms with E-state index in [4.69, 9.17) is 33.7 Å². The van der Waals surface area contributed by atoms with Gasteiger partial charge in [0, 0.05) is 74.9 Å². The minimum atomic E-state index is -0.935. The summed E-state index contributed by atoms with van der Waals surface area (Å²) in [7, 11) is 4.65. The molecule has 20 nitrogen and oxygen atoms in total. The Hall–Kier alpha value is -8.11. The average Bonchev–Trinajstić information content (AvgIpc) is 4.34. The quantitative estimate of drug-likeness (QED) is 0.0466. The number of rotatable bonds is 23. The number of fused-ring (bicyclic) bond motifs is 4. The number of methoxy groups -OCH3 is 3. The third-order valence-electron chi connectivity index (χ3n) is 14.6. The summed E-state index contributed by atoms with van der Waals surface area (Å²) >= 11 is 6.23. The SMILES string of the molecule is COc1ccc(C2=CN3C(=O)c4cc(OC)c(OCCCOc5cc6c(cc5OC)C(=O)N5C=C(c7ccc(NC(=O)C(C)NC(=O)C(NC(=O)CCCCCN8C(=O)C(Br)=C(Br)C8=O)C(C)C)cc7)C[C@H]5C=N6)cc4N=C[C@@H]3C2)cc1. The van der Waals surface area contributed by atoms with Gasteiger partial charge in [0.15, 0.2) is 23.0 Å². The number of unbranched alkanes of at least 4 members (excludes halogenated alkanes) is 2. The zero-order valence-electron chi connectivity index (χ0n) is 46.1. The van der Waals surface area contributed by atoms with Crippen molar-refractivity contribution >= 4 is 114 Å². The molecule has 4 atom stereocenters. The molecule has 0 aromatic heterocycles. The Balaban J connectivity index is 0.734. The molecule has 4 aromatic rings. The van der Waals surface area contributed by atoms with Crippen molar-refractivity contribution in [3.8, 4) is 28.7 Å². The van der Waals surface area contributed by atoms with Crippen LogP contribution in [0.3, 0.4) is 0 Å². The highest BCUT2D eigenvalue weighted by atomic mass is 79.9. The van der Waals surface area contributed by atoms with Gasteiger partial charge in [-0.1, -0.05) is 44.5 Å². The van der Waals surface area contributed by atoms with Crippen molar-refractivity contribution in [2.24, 2.45) is 15.9 Å². The Morgan fingerprint density at radius 2 is 1.12 bits per heavy atom. The fourth-order valence-electron chi connectivity index (χ4n) is 9.99. The topological polar surface area (TPSA) is 236 Å². The molecule has 5 aliphatic heterocycles. The number of amides is 7. The van der Waals surface area contributed by atoms with Crippen LogP contribution in [0.1, 0.15) is 97.6 Å². The number of halogens is 2. The summed E-state index contributed by atoms with van der Waals surface area (Å²) in [6, 6.07) is 19.2. The lowest BCUT2D eigenvalue weighted by Gasteiger charge is -2.24.